The standard InChI is InChI=1S/C37H42N6O5.CH4/c1-37(2,38)36(47)40-30(24-48-23-26-12-6-3-7-13-26)34(45)41-31-22-43(25-39-31)32(27-14-8-4-9-15-27)35(46)42-20-18-29(19-21-42)33(44)28-16-10-5-11-17-28;/h3-17,22,25,29-30,32H,18-21,23-24,38H2,1-2H3,(H,40,47)(H,41,45);1H4/t30-,32?;/m1./s1. The van der Waals surface area contributed by atoms with Crippen molar-refractivity contribution in [3.05, 3.63) is 120 Å². The summed E-state index contributed by atoms with van der Waals surface area (Å²) >= 11 is 0. The summed E-state index contributed by atoms with van der Waals surface area (Å²) < 4.78 is 7.45. The zero-order chi connectivity index (χ0) is 34.1. The minimum absolute atomic E-state index is 0. The molecule has 11 nitrogen and oxygen atoms in total. The molecule has 4 aromatic rings. The van der Waals surface area contributed by atoms with E-state index in [0.29, 0.717) is 31.5 Å². The van der Waals surface area contributed by atoms with Crippen LogP contribution in [-0.4, -0.2) is 69.2 Å². The molecule has 0 saturated carbocycles. The lowest BCUT2D eigenvalue weighted by Crippen LogP contribution is -2.56. The number of nitrogens with zero attached hydrogens (tertiary/aromatic N) is 3. The Kier molecular flexibility index (Phi) is 12.6. The van der Waals surface area contributed by atoms with Gasteiger partial charge in [-0.2, -0.15) is 0 Å². The van der Waals surface area contributed by atoms with E-state index in [4.69, 9.17) is 10.5 Å². The van der Waals surface area contributed by atoms with E-state index in [2.05, 4.69) is 15.6 Å². The van der Waals surface area contributed by atoms with E-state index in [0.717, 1.165) is 11.1 Å². The fourth-order valence-corrected chi connectivity index (χ4v) is 5.60. The molecule has 0 aliphatic carbocycles. The first-order valence-corrected chi connectivity index (χ1v) is 16.1. The van der Waals surface area contributed by atoms with Crippen molar-refractivity contribution in [1.29, 1.82) is 0 Å². The van der Waals surface area contributed by atoms with E-state index in [1.807, 2.05) is 91.0 Å². The maximum atomic E-state index is 14.1. The average molecular weight is 667 g/mol. The predicted octanol–water partition coefficient (Wildman–Crippen LogP) is 4.61. The van der Waals surface area contributed by atoms with Crippen LogP contribution in [0.3, 0.4) is 0 Å². The maximum Gasteiger partial charge on any atom is 0.250 e. The van der Waals surface area contributed by atoms with E-state index in [9.17, 15) is 19.2 Å². The summed E-state index contributed by atoms with van der Waals surface area (Å²) in [6.07, 6.45) is 4.24. The van der Waals surface area contributed by atoms with Crippen LogP contribution < -0.4 is 16.4 Å². The molecule has 1 aromatic heterocycles. The van der Waals surface area contributed by atoms with Crippen LogP contribution in [0.1, 0.15) is 61.6 Å². The Labute approximate surface area is 287 Å². The van der Waals surface area contributed by atoms with Gasteiger partial charge in [-0.1, -0.05) is 98.4 Å². The molecule has 3 amide bonds. The van der Waals surface area contributed by atoms with Crippen molar-refractivity contribution >= 4 is 29.3 Å². The second kappa shape index (κ2) is 16.8. The topological polar surface area (TPSA) is 149 Å². The van der Waals surface area contributed by atoms with Crippen LogP contribution in [0.2, 0.25) is 0 Å². The zero-order valence-electron chi connectivity index (χ0n) is 27.2. The van der Waals surface area contributed by atoms with Crippen molar-refractivity contribution in [3.63, 3.8) is 0 Å². The number of amides is 3. The molecule has 258 valence electrons. The van der Waals surface area contributed by atoms with Crippen LogP contribution in [0.4, 0.5) is 5.82 Å². The number of hydrogen-bond acceptors (Lipinski definition) is 7. The van der Waals surface area contributed by atoms with E-state index in [1.54, 1.807) is 29.5 Å². The number of anilines is 1. The summed E-state index contributed by atoms with van der Waals surface area (Å²) in [6.45, 7) is 4.15. The van der Waals surface area contributed by atoms with E-state index < -0.39 is 29.4 Å². The van der Waals surface area contributed by atoms with Crippen molar-refractivity contribution in [3.8, 4) is 0 Å². The highest BCUT2D eigenvalue weighted by Gasteiger charge is 2.33. The first kappa shape index (κ1) is 36.7. The molecule has 4 N–H and O–H groups in total. The smallest absolute Gasteiger partial charge is 0.250 e. The van der Waals surface area contributed by atoms with Gasteiger partial charge in [-0.05, 0) is 37.8 Å². The monoisotopic (exact) mass is 666 g/mol. The van der Waals surface area contributed by atoms with Gasteiger partial charge in [-0.25, -0.2) is 4.98 Å². The van der Waals surface area contributed by atoms with Crippen LogP contribution in [0.5, 0.6) is 0 Å². The molecule has 1 aliphatic heterocycles. The van der Waals surface area contributed by atoms with E-state index in [1.165, 1.54) is 6.33 Å². The summed E-state index contributed by atoms with van der Waals surface area (Å²) in [7, 11) is 0. The Bertz CT molecular complexity index is 1680. The fourth-order valence-electron chi connectivity index (χ4n) is 5.60. The lowest BCUT2D eigenvalue weighted by Gasteiger charge is -2.34. The Hall–Kier alpha value is -5.13. The van der Waals surface area contributed by atoms with Crippen LogP contribution in [-0.2, 0) is 25.7 Å². The Morgan fingerprint density at radius 1 is 0.918 bits per heavy atom. The summed E-state index contributed by atoms with van der Waals surface area (Å²) in [5.41, 5.74) is 7.13. The molecule has 49 heavy (non-hydrogen) atoms. The molecule has 2 heterocycles. The molecule has 3 aromatic carbocycles. The van der Waals surface area contributed by atoms with Gasteiger partial charge in [0.25, 0.3) is 5.91 Å². The Morgan fingerprint density at radius 2 is 1.51 bits per heavy atom. The van der Waals surface area contributed by atoms with Crippen molar-refractivity contribution in [2.24, 2.45) is 11.7 Å². The van der Waals surface area contributed by atoms with E-state index >= 15 is 0 Å². The van der Waals surface area contributed by atoms with Crippen LogP contribution >= 0.6 is 0 Å². The third-order valence-corrected chi connectivity index (χ3v) is 8.34. The van der Waals surface area contributed by atoms with Crippen molar-refractivity contribution in [2.75, 3.05) is 25.0 Å². The van der Waals surface area contributed by atoms with Gasteiger partial charge in [0.05, 0.1) is 25.1 Å². The quantitative estimate of drug-likeness (QED) is 0.177. The SMILES string of the molecule is C.CC(C)(N)C(=O)N[C@H](COCc1ccccc1)C(=O)Nc1cn(C(C(=O)N2CCC(C(=O)c3ccccc3)CC2)c2ccccc2)cn1. The Morgan fingerprint density at radius 3 is 2.12 bits per heavy atom. The number of carbonyl (C=O) groups excluding carboxylic acids is 4. The molecule has 1 saturated heterocycles. The highest BCUT2D eigenvalue weighted by Crippen LogP contribution is 2.27. The first-order valence-electron chi connectivity index (χ1n) is 16.1. The Balaban J connectivity index is 0.00000541. The van der Waals surface area contributed by atoms with Crippen molar-refractivity contribution < 1.29 is 23.9 Å². The third kappa shape index (κ3) is 9.71. The largest absolute Gasteiger partial charge is 0.374 e. The van der Waals surface area contributed by atoms with Gasteiger partial charge in [0.1, 0.15) is 12.1 Å². The average Bonchev–Trinajstić information content (AvgIpc) is 3.56. The van der Waals surface area contributed by atoms with Crippen molar-refractivity contribution in [1.82, 2.24) is 19.8 Å². The van der Waals surface area contributed by atoms with Crippen LogP contribution in [0.15, 0.2) is 104 Å². The summed E-state index contributed by atoms with van der Waals surface area (Å²) in [5, 5.41) is 5.44. The second-order valence-electron chi connectivity index (χ2n) is 12.6. The van der Waals surface area contributed by atoms with E-state index in [-0.39, 0.29) is 44.1 Å². The molecule has 1 aliphatic rings. The van der Waals surface area contributed by atoms with Gasteiger partial charge in [-0.3, -0.25) is 19.2 Å². The third-order valence-electron chi connectivity index (χ3n) is 8.34. The normalized spacial score (nSPS) is 14.6. The number of Topliss-reactive ketones (excluding diaryl/α,β-unsaturated/α-hetero) is 1. The summed E-state index contributed by atoms with van der Waals surface area (Å²) in [5.74, 6) is -1.02. The molecule has 0 radical (unpaired) electrons. The van der Waals surface area contributed by atoms with Gasteiger partial charge < -0.3 is 30.6 Å². The lowest BCUT2D eigenvalue weighted by atomic mass is 9.88. The van der Waals surface area contributed by atoms with Crippen LogP contribution in [0, 0.1) is 5.92 Å². The number of ketones is 1. The number of aromatic nitrogens is 2. The second-order valence-corrected chi connectivity index (χ2v) is 12.6. The summed E-state index contributed by atoms with van der Waals surface area (Å²) in [4.78, 5) is 59.4. The number of ether oxygens (including phenoxy) is 1. The molecule has 0 spiro atoms. The van der Waals surface area contributed by atoms with Crippen LogP contribution in [0.25, 0.3) is 0 Å². The number of benzene rings is 3. The number of rotatable bonds is 13. The minimum Gasteiger partial charge on any atom is -0.374 e. The molecule has 11 heteroatoms. The number of likely N-dealkylation sites (tertiary alicyclic amines) is 1. The zero-order valence-corrected chi connectivity index (χ0v) is 27.2. The van der Waals surface area contributed by atoms with Gasteiger partial charge in [0.2, 0.25) is 11.8 Å². The number of nitrogens with two attached hydrogens (primary N) is 1. The lowest BCUT2D eigenvalue weighted by molar-refractivity contribution is -0.134. The molecule has 0 bridgehead atoms. The molecular formula is C38H46N6O5. The number of piperidine rings is 1. The number of nitrogens with one attached hydrogen (secondary N) is 2. The van der Waals surface area contributed by atoms with Gasteiger partial charge in [-0.15, -0.1) is 0 Å². The first-order chi connectivity index (χ1) is 23.1. The molecule has 2 atom stereocenters. The van der Waals surface area contributed by atoms with Gasteiger partial charge >= 0.3 is 0 Å². The molecule has 1 unspecified atom stereocenters. The highest BCUT2D eigenvalue weighted by atomic mass is 16.5. The fraction of sp³-hybridized carbons (Fsp3) is 0.342. The highest BCUT2D eigenvalue weighted by molar-refractivity contribution is 5.98. The number of hydrogen-bond donors (Lipinski definition) is 3. The molecule has 5 rings (SSSR count). The number of imidazole rings is 1. The van der Waals surface area contributed by atoms with Gasteiger partial charge in [0, 0.05) is 30.8 Å². The minimum atomic E-state index is -1.22. The maximum absolute atomic E-state index is 14.1. The number of carbonyl (C=O) groups is 4. The van der Waals surface area contributed by atoms with Crippen molar-refractivity contribution in [2.45, 2.75) is 58.3 Å². The molecular weight excluding hydrogens is 620 g/mol. The summed E-state index contributed by atoms with van der Waals surface area (Å²) in [6, 6.07) is 26.3. The molecule has 1 fully saturated rings. The van der Waals surface area contributed by atoms with Gasteiger partial charge in [0.15, 0.2) is 11.6 Å². The predicted molar refractivity (Wildman–Crippen MR) is 189 cm³/mol.